The van der Waals surface area contributed by atoms with Crippen LogP contribution in [0.5, 0.6) is 5.75 Å². The Hall–Kier alpha value is -3.22. The molecule has 2 amide bonds. The average Bonchev–Trinajstić information content (AvgIpc) is 2.66. The minimum Gasteiger partial charge on any atom is -0.478 e. The lowest BCUT2D eigenvalue weighted by molar-refractivity contribution is -0.132. The number of benzene rings is 2. The van der Waals surface area contributed by atoms with Crippen LogP contribution in [-0.2, 0) is 9.59 Å². The van der Waals surface area contributed by atoms with Crippen molar-refractivity contribution < 1.29 is 23.5 Å². The summed E-state index contributed by atoms with van der Waals surface area (Å²) in [6, 6.07) is 14.3. The summed E-state index contributed by atoms with van der Waals surface area (Å²) in [4.78, 5) is 35.5. The van der Waals surface area contributed by atoms with E-state index in [9.17, 15) is 18.8 Å². The maximum Gasteiger partial charge on any atom is 0.279 e. The minimum atomic E-state index is -1.02. The molecule has 0 aromatic heterocycles. The lowest BCUT2D eigenvalue weighted by Crippen LogP contribution is -2.47. The van der Waals surface area contributed by atoms with E-state index in [1.165, 1.54) is 25.1 Å². The van der Waals surface area contributed by atoms with Crippen molar-refractivity contribution in [1.29, 1.82) is 0 Å². The molecule has 1 atom stereocenters. The number of Topliss-reactive ketones (excluding diaryl/α,β-unsaturated/α-hetero) is 1. The number of para-hydroxylation sites is 1. The van der Waals surface area contributed by atoms with Crippen LogP contribution in [0.1, 0.15) is 30.1 Å². The summed E-state index contributed by atoms with van der Waals surface area (Å²) in [6.45, 7) is 1.42. The fraction of sp³-hybridized carbons (Fsp3) is 0.211. The molecule has 0 radical (unpaired) electrons. The van der Waals surface area contributed by atoms with Gasteiger partial charge in [-0.1, -0.05) is 42.5 Å². The second-order valence-electron chi connectivity index (χ2n) is 5.52. The third-order valence-electron chi connectivity index (χ3n) is 3.51. The number of ketones is 1. The molecule has 2 N–H and O–H groups in total. The summed E-state index contributed by atoms with van der Waals surface area (Å²) in [5, 5.41) is 0. The molecule has 0 bridgehead atoms. The molecule has 0 fully saturated rings. The van der Waals surface area contributed by atoms with E-state index in [-0.39, 0.29) is 24.4 Å². The Balaban J connectivity index is 1.73. The molecule has 7 heteroatoms. The van der Waals surface area contributed by atoms with Gasteiger partial charge in [0.1, 0.15) is 0 Å². The SMILES string of the molecule is C[C@H](Oc1ccccc1F)C(=O)NNC(=O)CCC(=O)c1ccccc1. The fourth-order valence-corrected chi connectivity index (χ4v) is 2.08. The summed E-state index contributed by atoms with van der Waals surface area (Å²) >= 11 is 0. The number of carbonyl (C=O) groups excluding carboxylic acids is 3. The van der Waals surface area contributed by atoms with Crippen LogP contribution in [0.15, 0.2) is 54.6 Å². The number of hydrogen-bond donors (Lipinski definition) is 2. The van der Waals surface area contributed by atoms with E-state index in [2.05, 4.69) is 10.9 Å². The van der Waals surface area contributed by atoms with Crippen molar-refractivity contribution in [2.45, 2.75) is 25.9 Å². The molecule has 2 aromatic carbocycles. The quantitative estimate of drug-likeness (QED) is 0.588. The maximum atomic E-state index is 13.5. The molecule has 2 rings (SSSR count). The summed E-state index contributed by atoms with van der Waals surface area (Å²) in [5.74, 6) is -1.97. The molecule has 26 heavy (non-hydrogen) atoms. The van der Waals surface area contributed by atoms with Crippen LogP contribution in [0.2, 0.25) is 0 Å². The van der Waals surface area contributed by atoms with Crippen LogP contribution in [0.25, 0.3) is 0 Å². The number of rotatable bonds is 7. The lowest BCUT2D eigenvalue weighted by Gasteiger charge is -2.15. The van der Waals surface area contributed by atoms with E-state index in [1.807, 2.05) is 0 Å². The second-order valence-corrected chi connectivity index (χ2v) is 5.52. The summed E-state index contributed by atoms with van der Waals surface area (Å²) in [6.07, 6.45) is -1.07. The van der Waals surface area contributed by atoms with Crippen LogP contribution in [0, 0.1) is 5.82 Å². The first-order valence-corrected chi connectivity index (χ1v) is 8.05. The molecular weight excluding hydrogens is 339 g/mol. The van der Waals surface area contributed by atoms with Crippen LogP contribution in [0.3, 0.4) is 0 Å². The average molecular weight is 358 g/mol. The Labute approximate surface area is 150 Å². The monoisotopic (exact) mass is 358 g/mol. The van der Waals surface area contributed by atoms with E-state index < -0.39 is 23.7 Å². The molecule has 136 valence electrons. The summed E-state index contributed by atoms with van der Waals surface area (Å²) < 4.78 is 18.7. The normalized spacial score (nSPS) is 11.3. The summed E-state index contributed by atoms with van der Waals surface area (Å²) in [5.41, 5.74) is 4.92. The minimum absolute atomic E-state index is 0.0208. The molecule has 0 saturated heterocycles. The van der Waals surface area contributed by atoms with Crippen LogP contribution < -0.4 is 15.6 Å². The highest BCUT2D eigenvalue weighted by Crippen LogP contribution is 2.16. The van der Waals surface area contributed by atoms with E-state index in [4.69, 9.17) is 4.74 Å². The molecular formula is C19H19FN2O4. The molecule has 0 aliphatic heterocycles. The topological polar surface area (TPSA) is 84.5 Å². The second kappa shape index (κ2) is 9.31. The van der Waals surface area contributed by atoms with Crippen molar-refractivity contribution in [1.82, 2.24) is 10.9 Å². The summed E-state index contributed by atoms with van der Waals surface area (Å²) in [7, 11) is 0. The number of amides is 2. The van der Waals surface area contributed by atoms with Gasteiger partial charge in [-0.2, -0.15) is 0 Å². The van der Waals surface area contributed by atoms with Gasteiger partial charge in [-0.25, -0.2) is 4.39 Å². The predicted octanol–water partition coefficient (Wildman–Crippen LogP) is 2.40. The Morgan fingerprint density at radius 1 is 0.962 bits per heavy atom. The lowest BCUT2D eigenvalue weighted by atomic mass is 10.1. The number of halogens is 1. The predicted molar refractivity (Wildman–Crippen MR) is 92.8 cm³/mol. The van der Waals surface area contributed by atoms with Crippen LogP contribution in [0.4, 0.5) is 4.39 Å². The molecule has 0 spiro atoms. The van der Waals surface area contributed by atoms with Crippen molar-refractivity contribution in [2.24, 2.45) is 0 Å². The molecule has 0 aliphatic rings. The Kier molecular flexibility index (Phi) is 6.84. The zero-order chi connectivity index (χ0) is 18.9. The molecule has 0 heterocycles. The van der Waals surface area contributed by atoms with E-state index in [0.717, 1.165) is 0 Å². The highest BCUT2D eigenvalue weighted by Gasteiger charge is 2.17. The van der Waals surface area contributed by atoms with E-state index in [0.29, 0.717) is 5.56 Å². The molecule has 0 aliphatic carbocycles. The third kappa shape index (κ3) is 5.70. The van der Waals surface area contributed by atoms with Gasteiger partial charge in [-0.3, -0.25) is 25.2 Å². The van der Waals surface area contributed by atoms with Gasteiger partial charge in [0, 0.05) is 18.4 Å². The molecule has 6 nitrogen and oxygen atoms in total. The van der Waals surface area contributed by atoms with Gasteiger partial charge in [-0.15, -0.1) is 0 Å². The van der Waals surface area contributed by atoms with Crippen molar-refractivity contribution in [3.05, 3.63) is 66.0 Å². The van der Waals surface area contributed by atoms with Gasteiger partial charge in [0.05, 0.1) is 0 Å². The zero-order valence-electron chi connectivity index (χ0n) is 14.2. The fourth-order valence-electron chi connectivity index (χ4n) is 2.08. The van der Waals surface area contributed by atoms with Gasteiger partial charge in [-0.05, 0) is 19.1 Å². The first-order chi connectivity index (χ1) is 12.5. The van der Waals surface area contributed by atoms with Crippen molar-refractivity contribution >= 4 is 17.6 Å². The van der Waals surface area contributed by atoms with Gasteiger partial charge < -0.3 is 4.74 Å². The maximum absolute atomic E-state index is 13.5. The number of carbonyl (C=O) groups is 3. The highest BCUT2D eigenvalue weighted by molar-refractivity contribution is 5.98. The Morgan fingerprint density at radius 2 is 1.62 bits per heavy atom. The molecule has 2 aromatic rings. The van der Waals surface area contributed by atoms with E-state index >= 15 is 0 Å². The van der Waals surface area contributed by atoms with Crippen molar-refractivity contribution in [3.63, 3.8) is 0 Å². The highest BCUT2D eigenvalue weighted by atomic mass is 19.1. The number of hydrogen-bond acceptors (Lipinski definition) is 4. The zero-order valence-corrected chi connectivity index (χ0v) is 14.2. The van der Waals surface area contributed by atoms with Crippen LogP contribution in [-0.4, -0.2) is 23.7 Å². The first kappa shape index (κ1) is 19.1. The Morgan fingerprint density at radius 3 is 2.31 bits per heavy atom. The molecule has 0 unspecified atom stereocenters. The van der Waals surface area contributed by atoms with Crippen LogP contribution >= 0.6 is 0 Å². The third-order valence-corrected chi connectivity index (χ3v) is 3.51. The van der Waals surface area contributed by atoms with Crippen molar-refractivity contribution in [3.8, 4) is 5.75 Å². The van der Waals surface area contributed by atoms with Gasteiger partial charge in [0.25, 0.3) is 5.91 Å². The van der Waals surface area contributed by atoms with Crippen molar-refractivity contribution in [2.75, 3.05) is 0 Å². The number of ether oxygens (including phenoxy) is 1. The van der Waals surface area contributed by atoms with Gasteiger partial charge >= 0.3 is 0 Å². The van der Waals surface area contributed by atoms with Gasteiger partial charge in [0.2, 0.25) is 5.91 Å². The standard InChI is InChI=1S/C19H19FN2O4/c1-13(26-17-10-6-5-9-15(17)20)19(25)22-21-18(24)12-11-16(23)14-7-3-2-4-8-14/h2-10,13H,11-12H2,1H3,(H,21,24)(H,22,25)/t13-/m0/s1. The number of hydrazine groups is 1. The number of nitrogens with one attached hydrogen (secondary N) is 2. The van der Waals surface area contributed by atoms with E-state index in [1.54, 1.807) is 36.4 Å². The smallest absolute Gasteiger partial charge is 0.279 e. The first-order valence-electron chi connectivity index (χ1n) is 8.05. The largest absolute Gasteiger partial charge is 0.478 e. The molecule has 0 saturated carbocycles. The Bertz CT molecular complexity index is 780. The van der Waals surface area contributed by atoms with Gasteiger partial charge in [0.15, 0.2) is 23.5 Å².